The molecule has 0 atom stereocenters. The minimum atomic E-state index is -0.0217. The van der Waals surface area contributed by atoms with Crippen LogP contribution in [-0.2, 0) is 29.1 Å². The van der Waals surface area contributed by atoms with Crippen molar-refractivity contribution in [1.29, 1.82) is 0 Å². The van der Waals surface area contributed by atoms with Crippen LogP contribution in [0.25, 0.3) is 0 Å². The zero-order valence-electron chi connectivity index (χ0n) is 17.9. The second kappa shape index (κ2) is 10.7. The zero-order chi connectivity index (χ0) is 21.5. The van der Waals surface area contributed by atoms with E-state index in [0.29, 0.717) is 19.1 Å². The summed E-state index contributed by atoms with van der Waals surface area (Å²) in [6.45, 7) is 5.54. The molecule has 31 heavy (non-hydrogen) atoms. The van der Waals surface area contributed by atoms with Crippen molar-refractivity contribution in [3.63, 3.8) is 0 Å². The van der Waals surface area contributed by atoms with E-state index < -0.39 is 0 Å². The van der Waals surface area contributed by atoms with Crippen LogP contribution in [0.1, 0.15) is 34.7 Å². The van der Waals surface area contributed by atoms with Gasteiger partial charge in [0.2, 0.25) is 5.91 Å². The van der Waals surface area contributed by atoms with Crippen LogP contribution >= 0.6 is 11.3 Å². The number of amides is 1. The van der Waals surface area contributed by atoms with Gasteiger partial charge in [-0.05, 0) is 37.0 Å². The van der Waals surface area contributed by atoms with Crippen LogP contribution in [0.5, 0.6) is 0 Å². The molecule has 1 amide bonds. The average molecular weight is 436 g/mol. The number of anilines is 1. The summed E-state index contributed by atoms with van der Waals surface area (Å²) in [6.07, 6.45) is 2.73. The number of piperidine rings is 1. The maximum absolute atomic E-state index is 12.4. The number of carbonyl (C=O) groups is 1. The fourth-order valence-corrected chi connectivity index (χ4v) is 4.58. The van der Waals surface area contributed by atoms with Gasteiger partial charge in [0.15, 0.2) is 0 Å². The summed E-state index contributed by atoms with van der Waals surface area (Å²) >= 11 is 1.56. The van der Waals surface area contributed by atoms with Crippen LogP contribution < -0.4 is 5.32 Å². The number of likely N-dealkylation sites (tertiary alicyclic amines) is 1. The smallest absolute Gasteiger partial charge is 0.231 e. The van der Waals surface area contributed by atoms with Gasteiger partial charge in [-0.15, -0.1) is 11.3 Å². The molecular weight excluding hydrogens is 406 g/mol. The molecule has 1 aliphatic rings. The first kappa shape index (κ1) is 21.7. The quantitative estimate of drug-likeness (QED) is 0.551. The van der Waals surface area contributed by atoms with Gasteiger partial charge in [0.05, 0.1) is 24.8 Å². The van der Waals surface area contributed by atoms with Gasteiger partial charge in [0.1, 0.15) is 5.01 Å². The van der Waals surface area contributed by atoms with E-state index in [4.69, 9.17) is 4.74 Å². The Balaban J connectivity index is 1.20. The normalized spacial score (nSPS) is 15.1. The molecule has 4 rings (SSSR count). The lowest BCUT2D eigenvalue weighted by Crippen LogP contribution is -2.36. The number of hydrogen-bond acceptors (Lipinski definition) is 5. The molecule has 1 saturated heterocycles. The molecule has 0 bridgehead atoms. The summed E-state index contributed by atoms with van der Waals surface area (Å²) in [4.78, 5) is 19.5. The van der Waals surface area contributed by atoms with Crippen LogP contribution in [0.2, 0.25) is 0 Å². The predicted molar refractivity (Wildman–Crippen MR) is 125 cm³/mol. The molecule has 0 radical (unpaired) electrons. The van der Waals surface area contributed by atoms with Gasteiger partial charge in [-0.1, -0.05) is 48.5 Å². The molecule has 2 aromatic carbocycles. The van der Waals surface area contributed by atoms with Crippen molar-refractivity contribution in [2.24, 2.45) is 0 Å². The maximum atomic E-state index is 12.4. The highest BCUT2D eigenvalue weighted by atomic mass is 32.1. The standard InChI is InChI=1S/C25H29N3O2S/c1-19-7-5-6-10-23(19)27-24(29)15-25-26-21(18-31-25)16-28-13-11-22(12-14-28)30-17-20-8-3-2-4-9-20/h2-10,18,22H,11-17H2,1H3,(H,27,29). The fraction of sp³-hybridized carbons (Fsp3) is 0.360. The molecule has 0 aliphatic carbocycles. The third-order valence-corrected chi connectivity index (χ3v) is 6.48. The van der Waals surface area contributed by atoms with Gasteiger partial charge < -0.3 is 10.1 Å². The molecule has 1 N–H and O–H groups in total. The number of para-hydroxylation sites is 1. The molecule has 5 nitrogen and oxygen atoms in total. The van der Waals surface area contributed by atoms with Crippen LogP contribution in [0.3, 0.4) is 0 Å². The highest BCUT2D eigenvalue weighted by molar-refractivity contribution is 7.09. The highest BCUT2D eigenvalue weighted by Crippen LogP contribution is 2.20. The summed E-state index contributed by atoms with van der Waals surface area (Å²) in [5.74, 6) is -0.0217. The number of benzene rings is 2. The minimum Gasteiger partial charge on any atom is -0.373 e. The Morgan fingerprint density at radius 1 is 1.13 bits per heavy atom. The Morgan fingerprint density at radius 3 is 2.65 bits per heavy atom. The first-order chi connectivity index (χ1) is 15.2. The SMILES string of the molecule is Cc1ccccc1NC(=O)Cc1nc(CN2CCC(OCc3ccccc3)CC2)cs1. The van der Waals surface area contributed by atoms with Gasteiger partial charge in [-0.2, -0.15) is 0 Å². The van der Waals surface area contributed by atoms with E-state index in [2.05, 4.69) is 44.8 Å². The monoisotopic (exact) mass is 435 g/mol. The second-order valence-electron chi connectivity index (χ2n) is 8.04. The Kier molecular flexibility index (Phi) is 7.46. The Bertz CT molecular complexity index is 981. The van der Waals surface area contributed by atoms with Crippen LogP contribution in [-0.4, -0.2) is 35.0 Å². The van der Waals surface area contributed by atoms with E-state index in [-0.39, 0.29) is 5.91 Å². The number of rotatable bonds is 8. The molecule has 1 aliphatic heterocycles. The van der Waals surface area contributed by atoms with E-state index in [1.165, 1.54) is 5.56 Å². The topological polar surface area (TPSA) is 54.5 Å². The lowest BCUT2D eigenvalue weighted by Gasteiger charge is -2.31. The highest BCUT2D eigenvalue weighted by Gasteiger charge is 2.20. The second-order valence-corrected chi connectivity index (χ2v) is 8.99. The molecule has 162 valence electrons. The molecule has 0 spiro atoms. The van der Waals surface area contributed by atoms with Crippen molar-refractivity contribution in [1.82, 2.24) is 9.88 Å². The molecule has 6 heteroatoms. The van der Waals surface area contributed by atoms with Crippen LogP contribution in [0.15, 0.2) is 60.0 Å². The third kappa shape index (κ3) is 6.47. The first-order valence-electron chi connectivity index (χ1n) is 10.8. The summed E-state index contributed by atoms with van der Waals surface area (Å²) in [6, 6.07) is 18.2. The maximum Gasteiger partial charge on any atom is 0.231 e. The first-order valence-corrected chi connectivity index (χ1v) is 11.7. The summed E-state index contributed by atoms with van der Waals surface area (Å²) in [5, 5.41) is 5.92. The summed E-state index contributed by atoms with van der Waals surface area (Å²) < 4.78 is 6.09. The number of nitrogens with zero attached hydrogens (tertiary/aromatic N) is 2. The molecular formula is C25H29N3O2S. The van der Waals surface area contributed by atoms with Crippen molar-refractivity contribution in [3.05, 3.63) is 81.8 Å². The largest absolute Gasteiger partial charge is 0.373 e. The lowest BCUT2D eigenvalue weighted by molar-refractivity contribution is -0.115. The molecule has 3 aromatic rings. The third-order valence-electron chi connectivity index (χ3n) is 5.58. The number of carbonyl (C=O) groups excluding carboxylic acids is 1. The van der Waals surface area contributed by atoms with Crippen molar-refractivity contribution in [2.45, 2.75) is 45.4 Å². The number of nitrogens with one attached hydrogen (secondary N) is 1. The van der Waals surface area contributed by atoms with Crippen molar-refractivity contribution in [3.8, 4) is 0 Å². The van der Waals surface area contributed by atoms with Crippen molar-refractivity contribution in [2.75, 3.05) is 18.4 Å². The number of ether oxygens (including phenoxy) is 1. The van der Waals surface area contributed by atoms with Gasteiger partial charge >= 0.3 is 0 Å². The lowest BCUT2D eigenvalue weighted by atomic mass is 10.1. The fourth-order valence-electron chi connectivity index (χ4n) is 3.80. The van der Waals surface area contributed by atoms with E-state index in [0.717, 1.165) is 54.4 Å². The molecule has 0 unspecified atom stereocenters. The number of thiazole rings is 1. The van der Waals surface area contributed by atoms with Crippen molar-refractivity contribution >= 4 is 22.9 Å². The van der Waals surface area contributed by atoms with E-state index in [1.54, 1.807) is 11.3 Å². The predicted octanol–water partition coefficient (Wildman–Crippen LogP) is 4.81. The molecule has 0 saturated carbocycles. The van der Waals surface area contributed by atoms with Crippen LogP contribution in [0, 0.1) is 6.92 Å². The van der Waals surface area contributed by atoms with Crippen molar-refractivity contribution < 1.29 is 9.53 Å². The van der Waals surface area contributed by atoms with Gasteiger partial charge in [0.25, 0.3) is 0 Å². The Morgan fingerprint density at radius 2 is 1.87 bits per heavy atom. The number of aryl methyl sites for hydroxylation is 1. The Hall–Kier alpha value is -2.54. The molecule has 1 fully saturated rings. The summed E-state index contributed by atoms with van der Waals surface area (Å²) in [7, 11) is 0. The van der Waals surface area contributed by atoms with Gasteiger partial charge in [-0.25, -0.2) is 4.98 Å². The minimum absolute atomic E-state index is 0.0217. The van der Waals surface area contributed by atoms with Gasteiger partial charge in [-0.3, -0.25) is 9.69 Å². The molecule has 2 heterocycles. The number of aromatic nitrogens is 1. The Labute approximate surface area is 188 Å². The van der Waals surface area contributed by atoms with E-state index >= 15 is 0 Å². The van der Waals surface area contributed by atoms with E-state index in [1.807, 2.05) is 37.3 Å². The molecule has 1 aromatic heterocycles. The zero-order valence-corrected chi connectivity index (χ0v) is 18.7. The van der Waals surface area contributed by atoms with Gasteiger partial charge in [0, 0.05) is 30.7 Å². The van der Waals surface area contributed by atoms with Crippen LogP contribution in [0.4, 0.5) is 5.69 Å². The average Bonchev–Trinajstić information content (AvgIpc) is 3.22. The van der Waals surface area contributed by atoms with E-state index in [9.17, 15) is 4.79 Å². The number of hydrogen-bond donors (Lipinski definition) is 1. The summed E-state index contributed by atoms with van der Waals surface area (Å²) in [5.41, 5.74) is 4.20.